The Morgan fingerprint density at radius 1 is 1.46 bits per heavy atom. The molecule has 0 aromatic heterocycles. The second kappa shape index (κ2) is 7.25. The van der Waals surface area contributed by atoms with Crippen molar-refractivity contribution in [3.8, 4) is 0 Å². The summed E-state index contributed by atoms with van der Waals surface area (Å²) >= 11 is 0. The first-order chi connectivity index (χ1) is 11.2. The van der Waals surface area contributed by atoms with E-state index in [4.69, 9.17) is 10.8 Å². The first kappa shape index (κ1) is 18.3. The van der Waals surface area contributed by atoms with Crippen LogP contribution >= 0.6 is 0 Å². The molecule has 1 aliphatic heterocycles. The van der Waals surface area contributed by atoms with Crippen molar-refractivity contribution >= 4 is 11.9 Å². The summed E-state index contributed by atoms with van der Waals surface area (Å²) in [4.78, 5) is 22.8. The van der Waals surface area contributed by atoms with E-state index in [1.54, 1.807) is 12.1 Å². The maximum Gasteiger partial charge on any atom is 0.322 e. The number of rotatable bonds is 5. The number of carbonyl (C=O) groups is 2. The molecule has 0 bridgehead atoms. The van der Waals surface area contributed by atoms with Crippen molar-refractivity contribution in [2.75, 3.05) is 13.6 Å². The number of carbonyl (C=O) groups excluding carboxylic acids is 1. The fourth-order valence-corrected chi connectivity index (χ4v) is 3.07. The molecule has 5 N–H and O–H groups in total. The minimum Gasteiger partial charge on any atom is -0.480 e. The number of nitrogens with two attached hydrogens (primary N) is 1. The summed E-state index contributed by atoms with van der Waals surface area (Å²) in [6.07, 6.45) is 0. The van der Waals surface area contributed by atoms with Crippen LogP contribution in [0.2, 0.25) is 0 Å². The van der Waals surface area contributed by atoms with Gasteiger partial charge >= 0.3 is 5.97 Å². The van der Waals surface area contributed by atoms with Gasteiger partial charge in [0, 0.05) is 31.6 Å². The van der Waals surface area contributed by atoms with Crippen LogP contribution in [-0.4, -0.2) is 53.7 Å². The van der Waals surface area contributed by atoms with Gasteiger partial charge < -0.3 is 16.2 Å². The van der Waals surface area contributed by atoms with Gasteiger partial charge in [0.05, 0.1) is 5.56 Å². The van der Waals surface area contributed by atoms with Crippen LogP contribution in [0, 0.1) is 5.82 Å². The van der Waals surface area contributed by atoms with Crippen molar-refractivity contribution in [1.82, 2.24) is 15.8 Å². The number of halogens is 1. The molecule has 8 heteroatoms. The highest BCUT2D eigenvalue weighted by atomic mass is 19.1. The molecule has 3 unspecified atom stereocenters. The molecule has 1 aliphatic rings. The molecule has 1 aromatic carbocycles. The van der Waals surface area contributed by atoms with E-state index in [9.17, 15) is 14.0 Å². The van der Waals surface area contributed by atoms with Crippen LogP contribution in [0.5, 0.6) is 0 Å². The van der Waals surface area contributed by atoms with Gasteiger partial charge in [0.1, 0.15) is 11.9 Å². The predicted octanol–water partition coefficient (Wildman–Crippen LogP) is 0.278. The van der Waals surface area contributed by atoms with Crippen molar-refractivity contribution in [3.05, 3.63) is 35.1 Å². The molecule has 1 fully saturated rings. The zero-order chi connectivity index (χ0) is 18.0. The topological polar surface area (TPSA) is 108 Å². The van der Waals surface area contributed by atoms with Gasteiger partial charge in [-0.15, -0.1) is 0 Å². The van der Waals surface area contributed by atoms with Crippen molar-refractivity contribution < 1.29 is 19.1 Å². The van der Waals surface area contributed by atoms with Crippen LogP contribution in [0.3, 0.4) is 0 Å². The zero-order valence-electron chi connectivity index (χ0n) is 13.9. The molecule has 1 saturated heterocycles. The Morgan fingerprint density at radius 2 is 2.12 bits per heavy atom. The standard InChI is InChI=1S/C16H23FN4O3/c1-8-13(9(2)21(3)20-8)10-5-4-6-11(14(10)17)15(22)19-7-12(18)16(23)24/h4-6,8-9,12-13,20H,7,18H2,1-3H3,(H,19,22)(H,23,24)/t8?,9?,12-,13?/m1/s1. The highest BCUT2D eigenvalue weighted by molar-refractivity contribution is 5.95. The average molecular weight is 338 g/mol. The van der Waals surface area contributed by atoms with Crippen LogP contribution in [-0.2, 0) is 4.79 Å². The molecule has 0 spiro atoms. The molecular weight excluding hydrogens is 315 g/mol. The normalized spacial score (nSPS) is 25.5. The molecule has 1 heterocycles. The number of benzene rings is 1. The summed E-state index contributed by atoms with van der Waals surface area (Å²) in [6.45, 7) is 3.68. The van der Waals surface area contributed by atoms with Crippen molar-refractivity contribution in [2.45, 2.75) is 37.9 Å². The maximum absolute atomic E-state index is 14.9. The highest BCUT2D eigenvalue weighted by Gasteiger charge is 2.37. The monoisotopic (exact) mass is 338 g/mol. The number of likely N-dealkylation sites (N-methyl/N-ethyl adjacent to an activating group) is 1. The second-order valence-electron chi connectivity index (χ2n) is 6.16. The Bertz CT molecular complexity index is 640. The Kier molecular flexibility index (Phi) is 5.53. The lowest BCUT2D eigenvalue weighted by Crippen LogP contribution is -2.42. The highest BCUT2D eigenvalue weighted by Crippen LogP contribution is 2.33. The Hall–Kier alpha value is -2.03. The number of amides is 1. The summed E-state index contributed by atoms with van der Waals surface area (Å²) in [7, 11) is 1.89. The first-order valence-corrected chi connectivity index (χ1v) is 7.78. The summed E-state index contributed by atoms with van der Waals surface area (Å²) in [5.74, 6) is -2.60. The molecule has 1 aromatic rings. The van der Waals surface area contributed by atoms with Gasteiger partial charge in [-0.1, -0.05) is 12.1 Å². The number of aliphatic carboxylic acids is 1. The Balaban J connectivity index is 2.22. The number of carboxylic acid groups (broad SMARTS) is 1. The van der Waals surface area contributed by atoms with Crippen LogP contribution < -0.4 is 16.5 Å². The number of nitrogens with one attached hydrogen (secondary N) is 2. The Labute approximate surface area is 140 Å². The van der Waals surface area contributed by atoms with Crippen molar-refractivity contribution in [3.63, 3.8) is 0 Å². The average Bonchev–Trinajstić information content (AvgIpc) is 2.77. The van der Waals surface area contributed by atoms with Gasteiger partial charge in [0.15, 0.2) is 0 Å². The lowest BCUT2D eigenvalue weighted by Gasteiger charge is -2.22. The molecule has 1 amide bonds. The largest absolute Gasteiger partial charge is 0.480 e. The molecule has 0 radical (unpaired) electrons. The number of nitrogens with zero attached hydrogens (tertiary/aromatic N) is 1. The van der Waals surface area contributed by atoms with Gasteiger partial charge in [-0.3, -0.25) is 15.0 Å². The number of hydrogen-bond donors (Lipinski definition) is 4. The van der Waals surface area contributed by atoms with Gasteiger partial charge in [-0.05, 0) is 25.5 Å². The molecule has 4 atom stereocenters. The summed E-state index contributed by atoms with van der Waals surface area (Å²) in [5, 5.41) is 13.0. The van der Waals surface area contributed by atoms with E-state index in [2.05, 4.69) is 10.7 Å². The summed E-state index contributed by atoms with van der Waals surface area (Å²) in [5.41, 5.74) is 8.92. The van der Waals surface area contributed by atoms with E-state index in [1.165, 1.54) is 6.07 Å². The molecule has 7 nitrogen and oxygen atoms in total. The molecule has 0 saturated carbocycles. The van der Waals surface area contributed by atoms with Crippen molar-refractivity contribution in [1.29, 1.82) is 0 Å². The fraction of sp³-hybridized carbons (Fsp3) is 0.500. The van der Waals surface area contributed by atoms with Gasteiger partial charge in [0.2, 0.25) is 0 Å². The zero-order valence-corrected chi connectivity index (χ0v) is 13.9. The van der Waals surface area contributed by atoms with E-state index in [0.717, 1.165) is 0 Å². The quantitative estimate of drug-likeness (QED) is 0.614. The van der Waals surface area contributed by atoms with Gasteiger partial charge in [-0.2, -0.15) is 0 Å². The van der Waals surface area contributed by atoms with Crippen molar-refractivity contribution in [2.24, 2.45) is 5.73 Å². The third-order valence-electron chi connectivity index (χ3n) is 4.51. The summed E-state index contributed by atoms with van der Waals surface area (Å²) in [6, 6.07) is 3.54. The van der Waals surface area contributed by atoms with Gasteiger partial charge in [0.25, 0.3) is 5.91 Å². The van der Waals surface area contributed by atoms with Crippen LogP contribution in [0.1, 0.15) is 35.7 Å². The van der Waals surface area contributed by atoms with E-state index >= 15 is 0 Å². The maximum atomic E-state index is 14.9. The SMILES string of the molecule is CC1NN(C)C(C)C1c1cccc(C(=O)NC[C@@H](N)C(=O)O)c1F. The van der Waals surface area contributed by atoms with Crippen LogP contribution in [0.15, 0.2) is 18.2 Å². The third-order valence-corrected chi connectivity index (χ3v) is 4.51. The summed E-state index contributed by atoms with van der Waals surface area (Å²) < 4.78 is 14.9. The molecule has 2 rings (SSSR count). The van der Waals surface area contributed by atoms with Crippen LogP contribution in [0.4, 0.5) is 4.39 Å². The molecule has 132 valence electrons. The predicted molar refractivity (Wildman–Crippen MR) is 86.9 cm³/mol. The number of carboxylic acids is 1. The van der Waals surface area contributed by atoms with E-state index in [-0.39, 0.29) is 30.1 Å². The molecule has 24 heavy (non-hydrogen) atoms. The lowest BCUT2D eigenvalue weighted by molar-refractivity contribution is -0.138. The third kappa shape index (κ3) is 3.55. The Morgan fingerprint density at radius 3 is 2.67 bits per heavy atom. The molecular formula is C16H23FN4O3. The lowest BCUT2D eigenvalue weighted by atomic mass is 9.87. The van der Waals surface area contributed by atoms with Gasteiger partial charge in [-0.25, -0.2) is 9.40 Å². The first-order valence-electron chi connectivity index (χ1n) is 7.78. The minimum absolute atomic E-state index is 0.0262. The van der Waals surface area contributed by atoms with Crippen LogP contribution in [0.25, 0.3) is 0 Å². The fourth-order valence-electron chi connectivity index (χ4n) is 3.07. The minimum atomic E-state index is -1.23. The smallest absolute Gasteiger partial charge is 0.322 e. The second-order valence-corrected chi connectivity index (χ2v) is 6.16. The molecule has 0 aliphatic carbocycles. The number of hydrogen-bond acceptors (Lipinski definition) is 5. The van der Waals surface area contributed by atoms with E-state index in [0.29, 0.717) is 5.56 Å². The number of hydrazine groups is 1. The van der Waals surface area contributed by atoms with E-state index < -0.39 is 23.7 Å². The van der Waals surface area contributed by atoms with E-state index in [1.807, 2.05) is 25.9 Å².